The number of para-hydroxylation sites is 1. The molecule has 1 rings (SSSR count). The second-order valence-corrected chi connectivity index (χ2v) is 6.33. The lowest BCUT2D eigenvalue weighted by atomic mass is 9.82. The molecule has 0 saturated heterocycles. The van der Waals surface area contributed by atoms with Crippen LogP contribution in [0.3, 0.4) is 0 Å². The molecule has 0 unspecified atom stereocenters. The van der Waals surface area contributed by atoms with E-state index in [4.69, 9.17) is 4.74 Å². The standard InChI is InChI=1S/C16H25NO3/c1-15(2,11-18)10-17-14(19)16(3,4)12-8-6-7-9-13(12)20-5/h6-9,18H,10-11H2,1-5H3,(H,17,19). The van der Waals surface area contributed by atoms with Gasteiger partial charge in [-0.15, -0.1) is 0 Å². The highest BCUT2D eigenvalue weighted by molar-refractivity contribution is 5.88. The van der Waals surface area contributed by atoms with E-state index in [0.29, 0.717) is 12.3 Å². The highest BCUT2D eigenvalue weighted by atomic mass is 16.5. The van der Waals surface area contributed by atoms with Gasteiger partial charge in [0, 0.05) is 24.1 Å². The number of methoxy groups -OCH3 is 1. The highest BCUT2D eigenvalue weighted by Gasteiger charge is 2.33. The van der Waals surface area contributed by atoms with Gasteiger partial charge in [-0.25, -0.2) is 0 Å². The molecule has 0 spiro atoms. The Kier molecular flexibility index (Phi) is 5.17. The molecular formula is C16H25NO3. The van der Waals surface area contributed by atoms with Gasteiger partial charge in [0.15, 0.2) is 0 Å². The first-order chi connectivity index (χ1) is 9.24. The molecule has 0 saturated carbocycles. The Morgan fingerprint density at radius 3 is 2.40 bits per heavy atom. The molecule has 2 N–H and O–H groups in total. The molecule has 0 radical (unpaired) electrons. The maximum absolute atomic E-state index is 12.4. The highest BCUT2D eigenvalue weighted by Crippen LogP contribution is 2.31. The van der Waals surface area contributed by atoms with Crippen LogP contribution >= 0.6 is 0 Å². The number of hydrogen-bond donors (Lipinski definition) is 2. The van der Waals surface area contributed by atoms with Crippen LogP contribution in [0, 0.1) is 5.41 Å². The second kappa shape index (κ2) is 6.27. The van der Waals surface area contributed by atoms with Gasteiger partial charge >= 0.3 is 0 Å². The van der Waals surface area contributed by atoms with E-state index in [1.165, 1.54) is 0 Å². The van der Waals surface area contributed by atoms with Crippen molar-refractivity contribution in [3.05, 3.63) is 29.8 Å². The Bertz CT molecular complexity index is 467. The number of rotatable bonds is 6. The number of carbonyl (C=O) groups is 1. The van der Waals surface area contributed by atoms with Crippen molar-refractivity contribution in [3.8, 4) is 5.75 Å². The zero-order valence-electron chi connectivity index (χ0n) is 13.0. The zero-order chi connectivity index (χ0) is 15.4. The van der Waals surface area contributed by atoms with Crippen molar-refractivity contribution in [1.82, 2.24) is 5.32 Å². The summed E-state index contributed by atoms with van der Waals surface area (Å²) in [6.07, 6.45) is 0. The van der Waals surface area contributed by atoms with Gasteiger partial charge in [0.25, 0.3) is 0 Å². The number of carbonyl (C=O) groups excluding carboxylic acids is 1. The number of benzene rings is 1. The van der Waals surface area contributed by atoms with E-state index in [1.807, 2.05) is 52.0 Å². The maximum atomic E-state index is 12.4. The Hall–Kier alpha value is -1.55. The minimum Gasteiger partial charge on any atom is -0.496 e. The third-order valence-electron chi connectivity index (χ3n) is 3.50. The van der Waals surface area contributed by atoms with Gasteiger partial charge in [0.05, 0.1) is 12.5 Å². The van der Waals surface area contributed by atoms with E-state index in [-0.39, 0.29) is 17.9 Å². The van der Waals surface area contributed by atoms with Crippen LogP contribution < -0.4 is 10.1 Å². The molecule has 0 aliphatic rings. The van der Waals surface area contributed by atoms with Crippen molar-refractivity contribution in [3.63, 3.8) is 0 Å². The Morgan fingerprint density at radius 2 is 1.85 bits per heavy atom. The van der Waals surface area contributed by atoms with Gasteiger partial charge in [-0.1, -0.05) is 32.0 Å². The lowest BCUT2D eigenvalue weighted by Gasteiger charge is -2.29. The fourth-order valence-corrected chi connectivity index (χ4v) is 1.88. The first-order valence-electron chi connectivity index (χ1n) is 6.77. The smallest absolute Gasteiger partial charge is 0.230 e. The van der Waals surface area contributed by atoms with Crippen LogP contribution in [0.2, 0.25) is 0 Å². The fourth-order valence-electron chi connectivity index (χ4n) is 1.88. The van der Waals surface area contributed by atoms with Crippen LogP contribution in [0.15, 0.2) is 24.3 Å². The number of aliphatic hydroxyl groups is 1. The minimum absolute atomic E-state index is 0.0301. The van der Waals surface area contributed by atoms with Gasteiger partial charge in [0.1, 0.15) is 5.75 Å². The topological polar surface area (TPSA) is 58.6 Å². The molecule has 4 nitrogen and oxygen atoms in total. The largest absolute Gasteiger partial charge is 0.496 e. The van der Waals surface area contributed by atoms with Crippen LogP contribution in [0.1, 0.15) is 33.3 Å². The van der Waals surface area contributed by atoms with Crippen molar-refractivity contribution in [2.45, 2.75) is 33.1 Å². The van der Waals surface area contributed by atoms with Gasteiger partial charge in [0.2, 0.25) is 5.91 Å². The van der Waals surface area contributed by atoms with E-state index >= 15 is 0 Å². The molecule has 1 aromatic carbocycles. The lowest BCUT2D eigenvalue weighted by Crippen LogP contribution is -2.44. The van der Waals surface area contributed by atoms with Crippen molar-refractivity contribution in [1.29, 1.82) is 0 Å². The van der Waals surface area contributed by atoms with Crippen LogP contribution in [-0.2, 0) is 10.2 Å². The summed E-state index contributed by atoms with van der Waals surface area (Å²) < 4.78 is 5.33. The molecule has 20 heavy (non-hydrogen) atoms. The minimum atomic E-state index is -0.696. The third kappa shape index (κ3) is 3.73. The molecule has 0 bridgehead atoms. The first kappa shape index (κ1) is 16.5. The summed E-state index contributed by atoms with van der Waals surface area (Å²) in [5, 5.41) is 12.1. The number of hydrogen-bond acceptors (Lipinski definition) is 3. The average Bonchev–Trinajstić information content (AvgIpc) is 2.44. The fraction of sp³-hybridized carbons (Fsp3) is 0.562. The number of amides is 1. The Labute approximate surface area is 121 Å². The van der Waals surface area contributed by atoms with Gasteiger partial charge in [-0.3, -0.25) is 4.79 Å². The molecule has 0 aliphatic heterocycles. The van der Waals surface area contributed by atoms with Crippen LogP contribution in [0.4, 0.5) is 0 Å². The predicted octanol–water partition coefficient (Wildman–Crippen LogP) is 2.11. The van der Waals surface area contributed by atoms with E-state index in [1.54, 1.807) is 7.11 Å². The van der Waals surface area contributed by atoms with E-state index < -0.39 is 5.41 Å². The molecule has 0 heterocycles. The van der Waals surface area contributed by atoms with Crippen molar-refractivity contribution < 1.29 is 14.6 Å². The number of nitrogens with one attached hydrogen (secondary N) is 1. The quantitative estimate of drug-likeness (QED) is 0.838. The monoisotopic (exact) mass is 279 g/mol. The number of ether oxygens (including phenoxy) is 1. The molecular weight excluding hydrogens is 254 g/mol. The molecule has 0 aliphatic carbocycles. The van der Waals surface area contributed by atoms with Crippen molar-refractivity contribution in [2.75, 3.05) is 20.3 Å². The zero-order valence-corrected chi connectivity index (χ0v) is 13.0. The van der Waals surface area contributed by atoms with Crippen molar-refractivity contribution in [2.24, 2.45) is 5.41 Å². The predicted molar refractivity (Wildman–Crippen MR) is 79.9 cm³/mol. The maximum Gasteiger partial charge on any atom is 0.230 e. The van der Waals surface area contributed by atoms with Crippen molar-refractivity contribution >= 4 is 5.91 Å². The molecule has 4 heteroatoms. The SMILES string of the molecule is COc1ccccc1C(C)(C)C(=O)NCC(C)(C)CO. The van der Waals surface area contributed by atoms with Crippen LogP contribution in [0.5, 0.6) is 5.75 Å². The second-order valence-electron chi connectivity index (χ2n) is 6.33. The summed E-state index contributed by atoms with van der Waals surface area (Å²) >= 11 is 0. The van der Waals surface area contributed by atoms with Crippen LogP contribution in [0.25, 0.3) is 0 Å². The Balaban J connectivity index is 2.90. The Morgan fingerprint density at radius 1 is 1.25 bits per heavy atom. The van der Waals surface area contributed by atoms with Gasteiger partial charge in [-0.2, -0.15) is 0 Å². The molecule has 112 valence electrons. The third-order valence-corrected chi connectivity index (χ3v) is 3.50. The molecule has 1 aromatic rings. The normalized spacial score (nSPS) is 12.1. The average molecular weight is 279 g/mol. The van der Waals surface area contributed by atoms with Gasteiger partial charge in [-0.05, 0) is 19.9 Å². The van der Waals surface area contributed by atoms with E-state index in [2.05, 4.69) is 5.32 Å². The van der Waals surface area contributed by atoms with E-state index in [9.17, 15) is 9.90 Å². The van der Waals surface area contributed by atoms with Crippen LogP contribution in [-0.4, -0.2) is 31.3 Å². The molecule has 1 amide bonds. The summed E-state index contributed by atoms with van der Waals surface area (Å²) in [7, 11) is 1.60. The summed E-state index contributed by atoms with van der Waals surface area (Å²) in [6.45, 7) is 8.01. The van der Waals surface area contributed by atoms with E-state index in [0.717, 1.165) is 5.56 Å². The molecule has 0 aromatic heterocycles. The summed E-state index contributed by atoms with van der Waals surface area (Å²) in [5.41, 5.74) is -0.174. The molecule has 0 fully saturated rings. The summed E-state index contributed by atoms with van der Waals surface area (Å²) in [6, 6.07) is 7.52. The lowest BCUT2D eigenvalue weighted by molar-refractivity contribution is -0.126. The summed E-state index contributed by atoms with van der Waals surface area (Å²) in [4.78, 5) is 12.4. The summed E-state index contributed by atoms with van der Waals surface area (Å²) in [5.74, 6) is 0.623. The number of aliphatic hydroxyl groups excluding tert-OH is 1. The van der Waals surface area contributed by atoms with Gasteiger partial charge < -0.3 is 15.2 Å². The molecule has 0 atom stereocenters. The first-order valence-corrected chi connectivity index (χ1v) is 6.77.